The monoisotopic (exact) mass is 227 g/mol. The van der Waals surface area contributed by atoms with E-state index in [2.05, 4.69) is 23.3 Å². The zero-order valence-electron chi connectivity index (χ0n) is 9.98. The number of nitrogen functional groups attached to an aromatic ring is 1. The van der Waals surface area contributed by atoms with E-state index in [1.807, 2.05) is 18.2 Å². The molecule has 1 aromatic carbocycles. The molecule has 0 radical (unpaired) electrons. The maximum absolute atomic E-state index is 6.03. The van der Waals surface area contributed by atoms with Crippen molar-refractivity contribution in [2.75, 3.05) is 11.1 Å². The van der Waals surface area contributed by atoms with Crippen molar-refractivity contribution < 1.29 is 0 Å². The van der Waals surface area contributed by atoms with Gasteiger partial charge in [0.25, 0.3) is 0 Å². The van der Waals surface area contributed by atoms with E-state index in [4.69, 9.17) is 5.73 Å². The predicted octanol–water partition coefficient (Wildman–Crippen LogP) is 3.03. The minimum absolute atomic E-state index is 0.489. The molecule has 3 nitrogen and oxygen atoms in total. The van der Waals surface area contributed by atoms with Gasteiger partial charge in [-0.1, -0.05) is 18.2 Å². The number of aromatic nitrogens is 1. The molecule has 0 amide bonds. The molecule has 0 saturated heterocycles. The standard InChI is InChI=1S/C14H17N3/c1-9(10-6-7-10)17-14-11-4-2-3-5-13(11)16-8-12(14)15/h2-5,8-10H,6-7,15H2,1H3,(H,16,17). The number of nitrogens with two attached hydrogens (primary N) is 1. The second-order valence-electron chi connectivity index (χ2n) is 4.88. The minimum atomic E-state index is 0.489. The second kappa shape index (κ2) is 3.91. The van der Waals surface area contributed by atoms with Crippen LogP contribution in [0.15, 0.2) is 30.5 Å². The number of para-hydroxylation sites is 1. The number of benzene rings is 1. The molecule has 3 heteroatoms. The average Bonchev–Trinajstić information content (AvgIpc) is 3.17. The molecule has 1 aliphatic carbocycles. The van der Waals surface area contributed by atoms with Crippen LogP contribution in [-0.2, 0) is 0 Å². The molecule has 0 aliphatic heterocycles. The van der Waals surface area contributed by atoms with Crippen molar-refractivity contribution in [2.45, 2.75) is 25.8 Å². The van der Waals surface area contributed by atoms with Gasteiger partial charge in [-0.3, -0.25) is 4.98 Å². The lowest BCUT2D eigenvalue weighted by Gasteiger charge is -2.17. The summed E-state index contributed by atoms with van der Waals surface area (Å²) in [7, 11) is 0. The average molecular weight is 227 g/mol. The largest absolute Gasteiger partial charge is 0.396 e. The molecular weight excluding hydrogens is 210 g/mol. The second-order valence-corrected chi connectivity index (χ2v) is 4.88. The summed E-state index contributed by atoms with van der Waals surface area (Å²) >= 11 is 0. The van der Waals surface area contributed by atoms with Crippen LogP contribution in [0.2, 0.25) is 0 Å². The Morgan fingerprint density at radius 2 is 2.12 bits per heavy atom. The van der Waals surface area contributed by atoms with Gasteiger partial charge in [0, 0.05) is 11.4 Å². The fraction of sp³-hybridized carbons (Fsp3) is 0.357. The van der Waals surface area contributed by atoms with Crippen molar-refractivity contribution in [3.05, 3.63) is 30.5 Å². The third-order valence-corrected chi connectivity index (χ3v) is 3.51. The Labute approximate surface area is 101 Å². The first kappa shape index (κ1) is 10.4. The molecule has 3 N–H and O–H groups in total. The lowest BCUT2D eigenvalue weighted by Crippen LogP contribution is -2.18. The summed E-state index contributed by atoms with van der Waals surface area (Å²) in [5, 5.41) is 4.66. The van der Waals surface area contributed by atoms with Gasteiger partial charge in [0.2, 0.25) is 0 Å². The number of nitrogens with zero attached hydrogens (tertiary/aromatic N) is 1. The topological polar surface area (TPSA) is 50.9 Å². The van der Waals surface area contributed by atoms with Crippen LogP contribution in [-0.4, -0.2) is 11.0 Å². The number of fused-ring (bicyclic) bond motifs is 1. The van der Waals surface area contributed by atoms with Gasteiger partial charge in [-0.15, -0.1) is 0 Å². The molecule has 0 bridgehead atoms. The summed E-state index contributed by atoms with van der Waals surface area (Å²) in [6.07, 6.45) is 4.40. The number of rotatable bonds is 3. The molecule has 0 spiro atoms. The van der Waals surface area contributed by atoms with Gasteiger partial charge in [-0.05, 0) is 31.7 Å². The van der Waals surface area contributed by atoms with Crippen LogP contribution in [0.1, 0.15) is 19.8 Å². The molecule has 1 aromatic heterocycles. The molecule has 1 saturated carbocycles. The van der Waals surface area contributed by atoms with Crippen LogP contribution in [0.25, 0.3) is 10.9 Å². The molecule has 1 aliphatic rings. The Morgan fingerprint density at radius 3 is 2.88 bits per heavy atom. The smallest absolute Gasteiger partial charge is 0.0743 e. The summed E-state index contributed by atoms with van der Waals surface area (Å²) in [6.45, 7) is 2.23. The Bertz CT molecular complexity index is 546. The number of nitrogens with one attached hydrogen (secondary N) is 1. The molecule has 88 valence electrons. The molecule has 3 rings (SSSR count). The van der Waals surface area contributed by atoms with Gasteiger partial charge < -0.3 is 11.1 Å². The highest BCUT2D eigenvalue weighted by molar-refractivity contribution is 5.96. The number of hydrogen-bond acceptors (Lipinski definition) is 3. The molecule has 1 heterocycles. The van der Waals surface area contributed by atoms with Crippen molar-refractivity contribution in [2.24, 2.45) is 5.92 Å². The van der Waals surface area contributed by atoms with Crippen LogP contribution in [0.3, 0.4) is 0 Å². The molecule has 2 aromatic rings. The first-order chi connectivity index (χ1) is 8.25. The molecule has 17 heavy (non-hydrogen) atoms. The third-order valence-electron chi connectivity index (χ3n) is 3.51. The highest BCUT2D eigenvalue weighted by Crippen LogP contribution is 2.36. The molecule has 1 fully saturated rings. The normalized spacial score (nSPS) is 17.0. The molecular formula is C14H17N3. The minimum Gasteiger partial charge on any atom is -0.396 e. The third kappa shape index (κ3) is 1.93. The van der Waals surface area contributed by atoms with E-state index in [1.54, 1.807) is 6.20 Å². The fourth-order valence-corrected chi connectivity index (χ4v) is 2.26. The Hall–Kier alpha value is -1.77. The maximum atomic E-state index is 6.03. The lowest BCUT2D eigenvalue weighted by molar-refractivity contribution is 0.695. The van der Waals surface area contributed by atoms with E-state index in [0.29, 0.717) is 6.04 Å². The van der Waals surface area contributed by atoms with Crippen molar-refractivity contribution in [3.63, 3.8) is 0 Å². The van der Waals surface area contributed by atoms with Gasteiger partial charge in [0.05, 0.1) is 23.1 Å². The molecule has 1 unspecified atom stereocenters. The fourth-order valence-electron chi connectivity index (χ4n) is 2.26. The van der Waals surface area contributed by atoms with Gasteiger partial charge in [0.15, 0.2) is 0 Å². The van der Waals surface area contributed by atoms with Gasteiger partial charge in [0.1, 0.15) is 0 Å². The van der Waals surface area contributed by atoms with E-state index < -0.39 is 0 Å². The summed E-state index contributed by atoms with van der Waals surface area (Å²) in [6, 6.07) is 8.60. The van der Waals surface area contributed by atoms with Crippen molar-refractivity contribution in [1.82, 2.24) is 4.98 Å². The SMILES string of the molecule is CC(Nc1c(N)cnc2ccccc12)C1CC1. The maximum Gasteiger partial charge on any atom is 0.0743 e. The number of anilines is 2. The van der Waals surface area contributed by atoms with Crippen molar-refractivity contribution in [3.8, 4) is 0 Å². The Balaban J connectivity index is 2.03. The van der Waals surface area contributed by atoms with Crippen molar-refractivity contribution in [1.29, 1.82) is 0 Å². The van der Waals surface area contributed by atoms with E-state index in [1.165, 1.54) is 12.8 Å². The summed E-state index contributed by atoms with van der Waals surface area (Å²) < 4.78 is 0. The van der Waals surface area contributed by atoms with Crippen LogP contribution in [0, 0.1) is 5.92 Å². The quantitative estimate of drug-likeness (QED) is 0.847. The Kier molecular flexibility index (Phi) is 2.39. The highest BCUT2D eigenvalue weighted by atomic mass is 15.0. The molecule has 1 atom stereocenters. The van der Waals surface area contributed by atoms with Crippen LogP contribution in [0.4, 0.5) is 11.4 Å². The first-order valence-electron chi connectivity index (χ1n) is 6.15. The summed E-state index contributed by atoms with van der Waals surface area (Å²) in [4.78, 5) is 4.34. The van der Waals surface area contributed by atoms with Crippen LogP contribution in [0.5, 0.6) is 0 Å². The van der Waals surface area contributed by atoms with Crippen LogP contribution < -0.4 is 11.1 Å². The van der Waals surface area contributed by atoms with Crippen LogP contribution >= 0.6 is 0 Å². The number of hydrogen-bond donors (Lipinski definition) is 2. The number of pyridine rings is 1. The lowest BCUT2D eigenvalue weighted by atomic mass is 10.1. The Morgan fingerprint density at radius 1 is 1.35 bits per heavy atom. The zero-order chi connectivity index (χ0) is 11.8. The van der Waals surface area contributed by atoms with Gasteiger partial charge in [-0.2, -0.15) is 0 Å². The van der Waals surface area contributed by atoms with E-state index in [-0.39, 0.29) is 0 Å². The predicted molar refractivity (Wildman–Crippen MR) is 72.0 cm³/mol. The summed E-state index contributed by atoms with van der Waals surface area (Å²) in [5.74, 6) is 0.807. The van der Waals surface area contributed by atoms with Gasteiger partial charge >= 0.3 is 0 Å². The van der Waals surface area contributed by atoms with Crippen molar-refractivity contribution >= 4 is 22.3 Å². The zero-order valence-corrected chi connectivity index (χ0v) is 9.98. The highest BCUT2D eigenvalue weighted by Gasteiger charge is 2.28. The first-order valence-corrected chi connectivity index (χ1v) is 6.15. The summed E-state index contributed by atoms with van der Waals surface area (Å²) in [5.41, 5.74) is 8.79. The van der Waals surface area contributed by atoms with Gasteiger partial charge in [-0.25, -0.2) is 0 Å². The van der Waals surface area contributed by atoms with E-state index >= 15 is 0 Å². The van der Waals surface area contributed by atoms with E-state index in [0.717, 1.165) is 28.2 Å². The van der Waals surface area contributed by atoms with E-state index in [9.17, 15) is 0 Å².